The highest BCUT2D eigenvalue weighted by atomic mass is 16.1. The van der Waals surface area contributed by atoms with Crippen molar-refractivity contribution in [2.45, 2.75) is 53.4 Å². The Morgan fingerprint density at radius 3 is 2.56 bits per heavy atom. The van der Waals surface area contributed by atoms with Gasteiger partial charge in [0.1, 0.15) is 0 Å². The quantitative estimate of drug-likeness (QED) is 0.566. The van der Waals surface area contributed by atoms with E-state index in [1.54, 1.807) is 0 Å². The molecule has 3 fully saturated rings. The highest BCUT2D eigenvalue weighted by molar-refractivity contribution is 5.97. The largest absolute Gasteiger partial charge is 0.295 e. The molecule has 0 N–H and O–H groups in total. The van der Waals surface area contributed by atoms with E-state index in [1.165, 1.54) is 18.4 Å². The summed E-state index contributed by atoms with van der Waals surface area (Å²) in [6.45, 7) is 9.00. The Morgan fingerprint density at radius 1 is 1.25 bits per heavy atom. The van der Waals surface area contributed by atoms with E-state index < -0.39 is 0 Å². The van der Waals surface area contributed by atoms with Crippen LogP contribution in [0.25, 0.3) is 0 Å². The molecule has 0 saturated heterocycles. The summed E-state index contributed by atoms with van der Waals surface area (Å²) in [5.41, 5.74) is 3.31. The van der Waals surface area contributed by atoms with Gasteiger partial charge in [-0.2, -0.15) is 0 Å². The van der Waals surface area contributed by atoms with Gasteiger partial charge in [0, 0.05) is 6.42 Å². The minimum atomic E-state index is 0.327. The topological polar surface area (TPSA) is 17.1 Å². The Labute approximate surface area is 98.3 Å². The van der Waals surface area contributed by atoms with Gasteiger partial charge in [-0.25, -0.2) is 0 Å². The first-order valence-corrected chi connectivity index (χ1v) is 6.56. The Balaban J connectivity index is 1.98. The van der Waals surface area contributed by atoms with Crippen LogP contribution < -0.4 is 0 Å². The number of Topliss-reactive ketones (excluding diaryl/α,β-unsaturated/α-hetero) is 1. The van der Waals surface area contributed by atoms with Crippen molar-refractivity contribution in [2.24, 2.45) is 22.7 Å². The summed E-state index contributed by atoms with van der Waals surface area (Å²) in [7, 11) is 0. The van der Waals surface area contributed by atoms with Gasteiger partial charge in [-0.15, -0.1) is 0 Å². The van der Waals surface area contributed by atoms with Crippen LogP contribution in [0.4, 0.5) is 0 Å². The van der Waals surface area contributed by atoms with Crippen LogP contribution >= 0.6 is 0 Å². The summed E-state index contributed by atoms with van der Waals surface area (Å²) < 4.78 is 0. The molecule has 3 aliphatic rings. The van der Waals surface area contributed by atoms with Gasteiger partial charge in [0.05, 0.1) is 0 Å². The Hall–Kier alpha value is -0.590. The highest BCUT2D eigenvalue weighted by Gasteiger charge is 2.68. The molecule has 16 heavy (non-hydrogen) atoms. The van der Waals surface area contributed by atoms with Crippen molar-refractivity contribution in [1.82, 2.24) is 0 Å². The van der Waals surface area contributed by atoms with Crippen molar-refractivity contribution >= 4 is 5.78 Å². The van der Waals surface area contributed by atoms with Crippen LogP contribution in [-0.2, 0) is 4.79 Å². The zero-order chi connectivity index (χ0) is 11.7. The first kappa shape index (κ1) is 10.6. The second-order valence-corrected chi connectivity index (χ2v) is 7.10. The molecule has 0 radical (unpaired) electrons. The van der Waals surface area contributed by atoms with E-state index in [4.69, 9.17) is 0 Å². The van der Waals surface area contributed by atoms with Crippen LogP contribution in [0.2, 0.25) is 0 Å². The summed E-state index contributed by atoms with van der Waals surface area (Å²) in [5, 5.41) is 0. The molecule has 88 valence electrons. The second-order valence-electron chi connectivity index (χ2n) is 7.10. The molecule has 1 nitrogen and oxygen atoms in total. The van der Waals surface area contributed by atoms with E-state index in [-0.39, 0.29) is 0 Å². The lowest BCUT2D eigenvalue weighted by Gasteiger charge is -2.41. The monoisotopic (exact) mass is 218 g/mol. The van der Waals surface area contributed by atoms with Crippen molar-refractivity contribution in [3.63, 3.8) is 0 Å². The molecule has 0 amide bonds. The molecule has 0 spiro atoms. The standard InChI is InChI=1S/C15H22O/c1-9(2)11-5-13-14(3,8-12(11)16)6-10-7-15(10,13)4/h10,13H,5-8H2,1-4H3/t10?,13-,14-,15-/m0/s1. The lowest BCUT2D eigenvalue weighted by Crippen LogP contribution is -2.37. The number of fused-ring (bicyclic) bond motifs is 3. The smallest absolute Gasteiger partial charge is 0.159 e. The number of hydrogen-bond acceptors (Lipinski definition) is 1. The molecule has 0 aromatic heterocycles. The van der Waals surface area contributed by atoms with Gasteiger partial charge in [0.25, 0.3) is 0 Å². The highest BCUT2D eigenvalue weighted by Crippen LogP contribution is 2.75. The van der Waals surface area contributed by atoms with Crippen molar-refractivity contribution in [3.8, 4) is 0 Å². The average Bonchev–Trinajstić information content (AvgIpc) is 2.69. The van der Waals surface area contributed by atoms with Crippen LogP contribution in [0.1, 0.15) is 53.4 Å². The average molecular weight is 218 g/mol. The predicted molar refractivity (Wildman–Crippen MR) is 65.0 cm³/mol. The number of hydrogen-bond donors (Lipinski definition) is 0. The fraction of sp³-hybridized carbons (Fsp3) is 0.800. The molecule has 1 heteroatoms. The molecule has 0 aliphatic heterocycles. The molecule has 0 aromatic carbocycles. The number of carbonyl (C=O) groups is 1. The maximum absolute atomic E-state index is 12.2. The molecule has 1 unspecified atom stereocenters. The minimum Gasteiger partial charge on any atom is -0.295 e. The maximum Gasteiger partial charge on any atom is 0.159 e. The van der Waals surface area contributed by atoms with Gasteiger partial charge in [0.15, 0.2) is 5.78 Å². The van der Waals surface area contributed by atoms with Gasteiger partial charge in [-0.3, -0.25) is 4.79 Å². The molecule has 0 heterocycles. The number of carbonyl (C=O) groups excluding carboxylic acids is 1. The second kappa shape index (κ2) is 2.80. The van der Waals surface area contributed by atoms with E-state index >= 15 is 0 Å². The number of ketones is 1. The lowest BCUT2D eigenvalue weighted by molar-refractivity contribution is -0.121. The third-order valence-corrected chi connectivity index (χ3v) is 5.72. The van der Waals surface area contributed by atoms with Crippen LogP contribution in [-0.4, -0.2) is 5.78 Å². The van der Waals surface area contributed by atoms with Crippen molar-refractivity contribution in [1.29, 1.82) is 0 Å². The van der Waals surface area contributed by atoms with Crippen molar-refractivity contribution in [3.05, 3.63) is 11.1 Å². The molecule has 3 saturated carbocycles. The van der Waals surface area contributed by atoms with E-state index in [0.717, 1.165) is 30.3 Å². The Kier molecular flexibility index (Phi) is 1.85. The van der Waals surface area contributed by atoms with E-state index in [2.05, 4.69) is 27.7 Å². The van der Waals surface area contributed by atoms with E-state index in [0.29, 0.717) is 16.6 Å². The molecule has 3 aliphatic carbocycles. The maximum atomic E-state index is 12.2. The number of allylic oxidation sites excluding steroid dienone is 2. The zero-order valence-electron chi connectivity index (χ0n) is 10.9. The van der Waals surface area contributed by atoms with Crippen molar-refractivity contribution in [2.75, 3.05) is 0 Å². The van der Waals surface area contributed by atoms with Gasteiger partial charge < -0.3 is 0 Å². The molecule has 0 bridgehead atoms. The summed E-state index contributed by atoms with van der Waals surface area (Å²) in [5.74, 6) is 2.13. The number of rotatable bonds is 0. The first-order valence-electron chi connectivity index (χ1n) is 6.56. The summed E-state index contributed by atoms with van der Waals surface area (Å²) in [4.78, 5) is 12.2. The van der Waals surface area contributed by atoms with Crippen molar-refractivity contribution < 1.29 is 4.79 Å². The molecule has 0 aromatic rings. The van der Waals surface area contributed by atoms with Crippen LogP contribution in [0.15, 0.2) is 11.1 Å². The molecular formula is C15H22O. The predicted octanol–water partition coefficient (Wildman–Crippen LogP) is 3.74. The van der Waals surface area contributed by atoms with Crippen LogP contribution in [0.5, 0.6) is 0 Å². The van der Waals surface area contributed by atoms with Crippen LogP contribution in [0, 0.1) is 22.7 Å². The summed E-state index contributed by atoms with van der Waals surface area (Å²) in [6.07, 6.45) is 4.59. The first-order chi connectivity index (χ1) is 7.37. The van der Waals surface area contributed by atoms with E-state index in [9.17, 15) is 4.79 Å². The lowest BCUT2D eigenvalue weighted by atomic mass is 9.62. The zero-order valence-corrected chi connectivity index (χ0v) is 10.9. The minimum absolute atomic E-state index is 0.327. The van der Waals surface area contributed by atoms with Gasteiger partial charge in [-0.05, 0) is 61.3 Å². The third-order valence-electron chi connectivity index (χ3n) is 5.72. The van der Waals surface area contributed by atoms with E-state index in [1.807, 2.05) is 0 Å². The summed E-state index contributed by atoms with van der Waals surface area (Å²) in [6, 6.07) is 0. The third kappa shape index (κ3) is 1.15. The molecular weight excluding hydrogens is 196 g/mol. The van der Waals surface area contributed by atoms with Gasteiger partial charge in [0.2, 0.25) is 0 Å². The van der Waals surface area contributed by atoms with Gasteiger partial charge in [-0.1, -0.05) is 19.4 Å². The molecule has 3 rings (SSSR count). The SMILES string of the molecule is CC(C)=C1C[C@H]2[C@](C)(CC1=O)CC1C[C@@]12C. The normalized spacial score (nSPS) is 50.0. The summed E-state index contributed by atoms with van der Waals surface area (Å²) >= 11 is 0. The Morgan fingerprint density at radius 2 is 1.94 bits per heavy atom. The van der Waals surface area contributed by atoms with Crippen LogP contribution in [0.3, 0.4) is 0 Å². The fourth-order valence-corrected chi connectivity index (χ4v) is 4.65. The molecule has 4 atom stereocenters. The Bertz CT molecular complexity index is 402. The van der Waals surface area contributed by atoms with Gasteiger partial charge >= 0.3 is 0 Å². The fourth-order valence-electron chi connectivity index (χ4n) is 4.65.